The molecule has 0 spiro atoms. The van der Waals surface area contributed by atoms with E-state index in [0.717, 1.165) is 18.8 Å². The first-order chi connectivity index (χ1) is 6.92. The van der Waals surface area contributed by atoms with Gasteiger partial charge in [-0.25, -0.2) is 0 Å². The molecule has 1 aromatic carbocycles. The van der Waals surface area contributed by atoms with Crippen LogP contribution in [0.1, 0.15) is 24.3 Å². The fourth-order valence-electron chi connectivity index (χ4n) is 2.12. The maximum atomic E-state index is 5.37. The maximum absolute atomic E-state index is 5.37. The highest BCUT2D eigenvalue weighted by Crippen LogP contribution is 2.30. The van der Waals surface area contributed by atoms with Crippen molar-refractivity contribution in [3.8, 4) is 5.75 Å². The third-order valence-electron chi connectivity index (χ3n) is 2.88. The lowest BCUT2D eigenvalue weighted by atomic mass is 9.91. The summed E-state index contributed by atoms with van der Waals surface area (Å²) in [6.45, 7) is 2.24. The zero-order valence-corrected chi connectivity index (χ0v) is 8.62. The zero-order chi connectivity index (χ0) is 9.80. The van der Waals surface area contributed by atoms with Gasteiger partial charge in [-0.2, -0.15) is 0 Å². The molecule has 1 saturated heterocycles. The highest BCUT2D eigenvalue weighted by atomic mass is 16.5. The Labute approximate surface area is 85.3 Å². The molecular formula is C12H17NO. The number of ether oxygens (including phenoxy) is 1. The monoisotopic (exact) mass is 191 g/mol. The summed E-state index contributed by atoms with van der Waals surface area (Å²) in [5.41, 5.74) is 1.35. The van der Waals surface area contributed by atoms with Gasteiger partial charge in [0.15, 0.2) is 0 Å². The van der Waals surface area contributed by atoms with E-state index in [1.165, 1.54) is 18.4 Å². The molecule has 2 rings (SSSR count). The predicted octanol–water partition coefficient (Wildman–Crippen LogP) is 2.16. The van der Waals surface area contributed by atoms with Gasteiger partial charge < -0.3 is 10.1 Å². The minimum absolute atomic E-state index is 0.625. The van der Waals surface area contributed by atoms with Gasteiger partial charge >= 0.3 is 0 Å². The van der Waals surface area contributed by atoms with E-state index in [4.69, 9.17) is 4.74 Å². The third kappa shape index (κ3) is 1.90. The Hall–Kier alpha value is -1.02. The highest BCUT2D eigenvalue weighted by molar-refractivity contribution is 5.36. The molecule has 1 atom stereocenters. The van der Waals surface area contributed by atoms with Crippen LogP contribution in [0.25, 0.3) is 0 Å². The highest BCUT2D eigenvalue weighted by Gasteiger charge is 2.17. The minimum Gasteiger partial charge on any atom is -0.496 e. The quantitative estimate of drug-likeness (QED) is 0.773. The van der Waals surface area contributed by atoms with Gasteiger partial charge in [0.1, 0.15) is 5.75 Å². The summed E-state index contributed by atoms with van der Waals surface area (Å²) in [6.07, 6.45) is 2.54. The first-order valence-corrected chi connectivity index (χ1v) is 5.25. The van der Waals surface area contributed by atoms with Gasteiger partial charge in [0.05, 0.1) is 7.11 Å². The van der Waals surface area contributed by atoms with E-state index in [2.05, 4.69) is 17.4 Å². The number of hydrogen-bond acceptors (Lipinski definition) is 2. The van der Waals surface area contributed by atoms with E-state index in [0.29, 0.717) is 5.92 Å². The molecule has 1 N–H and O–H groups in total. The predicted molar refractivity (Wildman–Crippen MR) is 57.8 cm³/mol. The van der Waals surface area contributed by atoms with Crippen LogP contribution in [0.5, 0.6) is 5.75 Å². The largest absolute Gasteiger partial charge is 0.496 e. The summed E-state index contributed by atoms with van der Waals surface area (Å²) in [6, 6.07) is 8.34. The molecule has 1 aliphatic heterocycles. The number of benzene rings is 1. The molecule has 0 bridgehead atoms. The molecule has 0 saturated carbocycles. The molecule has 0 amide bonds. The molecule has 1 heterocycles. The minimum atomic E-state index is 0.625. The smallest absolute Gasteiger partial charge is 0.122 e. The summed E-state index contributed by atoms with van der Waals surface area (Å²) in [7, 11) is 1.75. The fourth-order valence-corrected chi connectivity index (χ4v) is 2.12. The second kappa shape index (κ2) is 4.47. The second-order valence-electron chi connectivity index (χ2n) is 3.79. The molecular weight excluding hydrogens is 174 g/mol. The van der Waals surface area contributed by atoms with Crippen molar-refractivity contribution in [3.05, 3.63) is 29.8 Å². The fraction of sp³-hybridized carbons (Fsp3) is 0.500. The standard InChI is InChI=1S/C12H17NO/c1-14-12-7-3-2-6-11(12)10-5-4-8-13-9-10/h2-3,6-7,10,13H,4-5,8-9H2,1H3/t10-/m1/s1. The van der Waals surface area contributed by atoms with E-state index >= 15 is 0 Å². The first-order valence-electron chi connectivity index (χ1n) is 5.25. The van der Waals surface area contributed by atoms with E-state index in [1.54, 1.807) is 7.11 Å². The van der Waals surface area contributed by atoms with Crippen LogP contribution in [0, 0.1) is 0 Å². The molecule has 0 aliphatic carbocycles. The molecule has 1 aromatic rings. The molecule has 2 nitrogen and oxygen atoms in total. The van der Waals surface area contributed by atoms with Gasteiger partial charge in [-0.05, 0) is 31.0 Å². The van der Waals surface area contributed by atoms with E-state index in [9.17, 15) is 0 Å². The lowest BCUT2D eigenvalue weighted by Gasteiger charge is -2.24. The van der Waals surface area contributed by atoms with Gasteiger partial charge in [0.25, 0.3) is 0 Å². The average Bonchev–Trinajstić information content (AvgIpc) is 2.30. The topological polar surface area (TPSA) is 21.3 Å². The number of para-hydroxylation sites is 1. The van der Waals surface area contributed by atoms with Gasteiger partial charge in [-0.3, -0.25) is 0 Å². The van der Waals surface area contributed by atoms with E-state index < -0.39 is 0 Å². The van der Waals surface area contributed by atoms with Crippen LogP contribution in [0.3, 0.4) is 0 Å². The van der Waals surface area contributed by atoms with E-state index in [1.807, 2.05) is 12.1 Å². The van der Waals surface area contributed by atoms with Crippen LogP contribution < -0.4 is 10.1 Å². The Morgan fingerprint density at radius 2 is 2.21 bits per heavy atom. The molecule has 76 valence electrons. The van der Waals surface area contributed by atoms with Crippen LogP contribution in [0.15, 0.2) is 24.3 Å². The number of rotatable bonds is 2. The lowest BCUT2D eigenvalue weighted by molar-refractivity contribution is 0.392. The van der Waals surface area contributed by atoms with Crippen LogP contribution in [0.2, 0.25) is 0 Å². The van der Waals surface area contributed by atoms with Gasteiger partial charge in [-0.1, -0.05) is 18.2 Å². The SMILES string of the molecule is COc1ccccc1[C@@H]1CCCNC1. The summed E-state index contributed by atoms with van der Waals surface area (Å²) >= 11 is 0. The molecule has 0 unspecified atom stereocenters. The van der Waals surface area contributed by atoms with Crippen molar-refractivity contribution >= 4 is 0 Å². The van der Waals surface area contributed by atoms with Gasteiger partial charge in [0.2, 0.25) is 0 Å². The van der Waals surface area contributed by atoms with Crippen molar-refractivity contribution in [1.82, 2.24) is 5.32 Å². The molecule has 1 aliphatic rings. The normalized spacial score (nSPS) is 21.9. The zero-order valence-electron chi connectivity index (χ0n) is 8.62. The van der Waals surface area contributed by atoms with Crippen LogP contribution >= 0.6 is 0 Å². The summed E-state index contributed by atoms with van der Waals surface area (Å²) in [5, 5.41) is 3.43. The number of piperidine rings is 1. The van der Waals surface area contributed by atoms with Crippen molar-refractivity contribution in [1.29, 1.82) is 0 Å². The Kier molecular flexibility index (Phi) is 3.04. The Balaban J connectivity index is 2.20. The van der Waals surface area contributed by atoms with Crippen molar-refractivity contribution in [2.75, 3.05) is 20.2 Å². The van der Waals surface area contributed by atoms with Crippen LogP contribution in [-0.4, -0.2) is 20.2 Å². The molecule has 0 aromatic heterocycles. The van der Waals surface area contributed by atoms with Gasteiger partial charge in [0, 0.05) is 12.5 Å². The van der Waals surface area contributed by atoms with Gasteiger partial charge in [-0.15, -0.1) is 0 Å². The van der Waals surface area contributed by atoms with Crippen LogP contribution in [-0.2, 0) is 0 Å². The molecule has 0 radical (unpaired) electrons. The Bertz CT molecular complexity index is 292. The van der Waals surface area contributed by atoms with Crippen molar-refractivity contribution in [2.24, 2.45) is 0 Å². The Morgan fingerprint density at radius 3 is 2.93 bits per heavy atom. The lowest BCUT2D eigenvalue weighted by Crippen LogP contribution is -2.28. The number of nitrogens with one attached hydrogen (secondary N) is 1. The number of methoxy groups -OCH3 is 1. The van der Waals surface area contributed by atoms with Crippen molar-refractivity contribution < 1.29 is 4.74 Å². The van der Waals surface area contributed by atoms with Crippen LogP contribution in [0.4, 0.5) is 0 Å². The number of hydrogen-bond donors (Lipinski definition) is 1. The third-order valence-corrected chi connectivity index (χ3v) is 2.88. The summed E-state index contributed by atoms with van der Waals surface area (Å²) in [5.74, 6) is 1.65. The molecule has 14 heavy (non-hydrogen) atoms. The summed E-state index contributed by atoms with van der Waals surface area (Å²) in [4.78, 5) is 0. The first kappa shape index (κ1) is 9.53. The molecule has 2 heteroatoms. The van der Waals surface area contributed by atoms with Crippen molar-refractivity contribution in [3.63, 3.8) is 0 Å². The molecule has 1 fully saturated rings. The van der Waals surface area contributed by atoms with E-state index in [-0.39, 0.29) is 0 Å². The summed E-state index contributed by atoms with van der Waals surface area (Å²) < 4.78 is 5.37. The van der Waals surface area contributed by atoms with Crippen molar-refractivity contribution in [2.45, 2.75) is 18.8 Å². The maximum Gasteiger partial charge on any atom is 0.122 e. The second-order valence-corrected chi connectivity index (χ2v) is 3.79. The average molecular weight is 191 g/mol. The Morgan fingerprint density at radius 1 is 1.36 bits per heavy atom.